The van der Waals surface area contributed by atoms with Crippen LogP contribution in [0.25, 0.3) is 208 Å². The van der Waals surface area contributed by atoms with Gasteiger partial charge in [0.05, 0.1) is 66.2 Å². The number of fused-ring (bicyclic) bond motifs is 24. The number of nitrogens with zero attached hydrogens (tertiary/aromatic N) is 8. The number of anilines is 12. The molecule has 0 N–H and O–H groups in total. The van der Waals surface area contributed by atoms with E-state index in [1.165, 1.54) is 153 Å². The van der Waals surface area contributed by atoms with Gasteiger partial charge in [-0.3, -0.25) is 0 Å². The number of hydrogen-bond donors (Lipinski definition) is 0. The molecule has 0 aliphatic heterocycles. The SMILES string of the molecule is Cc1ccccc1N(c1ccccc1)c1ccc2c(c1)c1cccc3c4c(-c5cccc(-c6cc7c8cc(N(c9ccccc9)c9ccccc9)ccc8n8c9c(-c%10ccccc%10)c%10c%11cccc%12c%13cc(N(c%14ccccc%14)c%14ccccc%14)ccc%13n(c%10c(-c%10ccccc%10)c9c(c6)c78)c%12%11)c5)c5c(c(-c6ccccc6)c4n2c13)c1cccc2c3cc(N(c4ccccc4)c4ccccc4C)ccc3n5c21. The normalized spacial score (nSPS) is 12.2. The lowest BCUT2D eigenvalue weighted by Crippen LogP contribution is -2.11. The minimum Gasteiger partial charge on any atom is -0.310 e. The van der Waals surface area contributed by atoms with Crippen LogP contribution in [-0.4, -0.2) is 17.6 Å². The fourth-order valence-electron chi connectivity index (χ4n) is 24.8. The lowest BCUT2D eigenvalue weighted by molar-refractivity contribution is 1.25. The van der Waals surface area contributed by atoms with Crippen molar-refractivity contribution in [2.24, 2.45) is 0 Å². The van der Waals surface area contributed by atoms with E-state index in [0.717, 1.165) is 135 Å². The van der Waals surface area contributed by atoms with Crippen molar-refractivity contribution in [3.05, 3.63) is 496 Å². The van der Waals surface area contributed by atoms with Gasteiger partial charge in [0, 0.05) is 177 Å². The molecule has 0 bridgehead atoms. The molecule has 0 radical (unpaired) electrons. The molecule has 0 saturated carbocycles. The second-order valence-corrected chi connectivity index (χ2v) is 38.2. The number of aryl methyl sites for hydroxylation is 2. The second-order valence-electron chi connectivity index (χ2n) is 38.2. The third-order valence-corrected chi connectivity index (χ3v) is 30.5. The van der Waals surface area contributed by atoms with Gasteiger partial charge in [0.1, 0.15) is 0 Å². The zero-order chi connectivity index (χ0) is 93.2. The number of benzene rings is 22. The molecule has 22 aromatic carbocycles. The average Bonchev–Trinajstić information content (AvgIpc) is 1.50. The average molecular weight is 1810 g/mol. The van der Waals surface area contributed by atoms with E-state index in [1.54, 1.807) is 0 Å². The van der Waals surface area contributed by atoms with E-state index >= 15 is 0 Å². The molecule has 8 heteroatoms. The number of aromatic nitrogens is 4. The van der Waals surface area contributed by atoms with E-state index in [1.807, 2.05) is 0 Å². The topological polar surface area (TPSA) is 30.6 Å². The van der Waals surface area contributed by atoms with Crippen molar-refractivity contribution in [1.29, 1.82) is 0 Å². The molecule has 30 aromatic rings. The molecule has 8 aromatic heterocycles. The van der Waals surface area contributed by atoms with Crippen LogP contribution < -0.4 is 19.6 Å². The molecule has 0 saturated heterocycles. The third-order valence-electron chi connectivity index (χ3n) is 30.5. The molecule has 0 unspecified atom stereocenters. The third kappa shape index (κ3) is 11.5. The summed E-state index contributed by atoms with van der Waals surface area (Å²) < 4.78 is 10.7. The van der Waals surface area contributed by atoms with E-state index in [0.29, 0.717) is 0 Å². The largest absolute Gasteiger partial charge is 0.310 e. The van der Waals surface area contributed by atoms with Crippen molar-refractivity contribution >= 4 is 221 Å². The van der Waals surface area contributed by atoms with Crippen molar-refractivity contribution in [2.45, 2.75) is 13.8 Å². The van der Waals surface area contributed by atoms with Crippen LogP contribution in [0.15, 0.2) is 485 Å². The maximum absolute atomic E-state index is 2.68. The molecule has 0 aliphatic carbocycles. The van der Waals surface area contributed by atoms with Crippen LogP contribution in [-0.2, 0) is 0 Å². The Morgan fingerprint density at radius 1 is 0.141 bits per heavy atom. The van der Waals surface area contributed by atoms with Gasteiger partial charge in [0.25, 0.3) is 0 Å². The van der Waals surface area contributed by atoms with E-state index in [2.05, 4.69) is 536 Å². The summed E-state index contributed by atoms with van der Waals surface area (Å²) in [4.78, 5) is 9.68. The van der Waals surface area contributed by atoms with Crippen molar-refractivity contribution in [3.63, 3.8) is 0 Å². The van der Waals surface area contributed by atoms with Crippen LogP contribution in [0.5, 0.6) is 0 Å². The molecule has 0 spiro atoms. The van der Waals surface area contributed by atoms with Gasteiger partial charge < -0.3 is 37.2 Å². The summed E-state index contributed by atoms with van der Waals surface area (Å²) in [5.74, 6) is 0. The molecule has 142 heavy (non-hydrogen) atoms. The van der Waals surface area contributed by atoms with Gasteiger partial charge >= 0.3 is 0 Å². The second kappa shape index (κ2) is 30.9. The Labute approximate surface area is 818 Å². The van der Waals surface area contributed by atoms with Gasteiger partial charge in [-0.1, -0.05) is 309 Å². The Balaban J connectivity index is 0.738. The summed E-state index contributed by atoms with van der Waals surface area (Å²) in [7, 11) is 0. The summed E-state index contributed by atoms with van der Waals surface area (Å²) in [6.45, 7) is 4.45. The van der Waals surface area contributed by atoms with Crippen LogP contribution in [0.2, 0.25) is 0 Å². The first-order chi connectivity index (χ1) is 70.4. The predicted octanol–water partition coefficient (Wildman–Crippen LogP) is 37.1. The van der Waals surface area contributed by atoms with Crippen molar-refractivity contribution in [3.8, 4) is 55.6 Å². The first kappa shape index (κ1) is 79.5. The summed E-state index contributed by atoms with van der Waals surface area (Å²) in [6.07, 6.45) is 0. The van der Waals surface area contributed by atoms with Gasteiger partial charge in [-0.15, -0.1) is 0 Å². The molecule has 662 valence electrons. The van der Waals surface area contributed by atoms with Crippen LogP contribution in [0.3, 0.4) is 0 Å². The Morgan fingerprint density at radius 3 is 0.711 bits per heavy atom. The van der Waals surface area contributed by atoms with Crippen molar-refractivity contribution in [1.82, 2.24) is 17.6 Å². The van der Waals surface area contributed by atoms with Gasteiger partial charge in [-0.05, 0) is 234 Å². The van der Waals surface area contributed by atoms with E-state index in [4.69, 9.17) is 0 Å². The fraction of sp³-hybridized carbons (Fsp3) is 0.0149. The summed E-state index contributed by atoms with van der Waals surface area (Å²) >= 11 is 0. The Morgan fingerprint density at radius 2 is 0.380 bits per heavy atom. The highest BCUT2D eigenvalue weighted by atomic mass is 15.2. The van der Waals surface area contributed by atoms with Crippen LogP contribution in [0.1, 0.15) is 11.1 Å². The Kier molecular flexibility index (Phi) is 17.3. The standard InChI is InChI=1S/C134H86N8/c1-83-38-30-32-66-113(83)137(95-56-26-10-27-57-95)99-70-74-116-108(81-99)103-62-37-65-106-125-122(134-124(119(85-40-12-3-13-41-85)131(125)139(116)129(103)106)105-64-36-61-102-109-82-100(71-75-117(109)141(134)128(102)105)138(96-58-28-11-29-59-96)114-67-33-31-39-84(114)2)89-47-34-46-88(76-89)90-77-111-110-80-98(136(93-52-22-8-23-53-93)94-54-24-9-25-55-94)69-73-118(110)142-130(111)112(78-90)126-121(87-44-16-5-17-45-87)132-123(120(133(126)142)86-42-14-4-15-43-86)104-63-35-60-101-107-79-97(68-72-115(107)140(132)127(101)104)135(91-48-18-6-19-49-91)92-50-20-7-21-51-92/h3-82H,1-2H3. The van der Waals surface area contributed by atoms with Gasteiger partial charge in [-0.25, -0.2) is 0 Å². The van der Waals surface area contributed by atoms with E-state index in [9.17, 15) is 0 Å². The van der Waals surface area contributed by atoms with Gasteiger partial charge in [0.15, 0.2) is 0 Å². The number of rotatable bonds is 17. The Bertz CT molecular complexity index is 10200. The van der Waals surface area contributed by atoms with Crippen LogP contribution >= 0.6 is 0 Å². The van der Waals surface area contributed by atoms with Crippen LogP contribution in [0, 0.1) is 13.8 Å². The molecular weight excluding hydrogens is 1720 g/mol. The summed E-state index contributed by atoms with van der Waals surface area (Å²) in [5.41, 5.74) is 41.0. The molecule has 0 fully saturated rings. The molecule has 8 heterocycles. The molecule has 0 aliphatic rings. The molecule has 30 rings (SSSR count). The number of hydrogen-bond acceptors (Lipinski definition) is 4. The smallest absolute Gasteiger partial charge is 0.0634 e. The lowest BCUT2D eigenvalue weighted by atomic mass is 9.87. The van der Waals surface area contributed by atoms with E-state index in [-0.39, 0.29) is 0 Å². The zero-order valence-corrected chi connectivity index (χ0v) is 77.8. The molecular formula is C134H86N8. The summed E-state index contributed by atoms with van der Waals surface area (Å²) in [5, 5.41) is 19.1. The maximum Gasteiger partial charge on any atom is 0.0634 e. The van der Waals surface area contributed by atoms with Gasteiger partial charge in [-0.2, -0.15) is 0 Å². The quantitative estimate of drug-likeness (QED) is 0.0909. The molecule has 8 nitrogen and oxygen atoms in total. The highest BCUT2D eigenvalue weighted by Gasteiger charge is 2.36. The van der Waals surface area contributed by atoms with Crippen molar-refractivity contribution < 1.29 is 0 Å². The minimum atomic E-state index is 1.06. The monoisotopic (exact) mass is 1810 g/mol. The number of para-hydroxylation sites is 11. The highest BCUT2D eigenvalue weighted by molar-refractivity contribution is 6.41. The fourth-order valence-corrected chi connectivity index (χ4v) is 24.8. The summed E-state index contributed by atoms with van der Waals surface area (Å²) in [6, 6.07) is 182. The van der Waals surface area contributed by atoms with Crippen LogP contribution in [0.4, 0.5) is 68.2 Å². The minimum absolute atomic E-state index is 1.06. The lowest BCUT2D eigenvalue weighted by Gasteiger charge is -2.27. The Hall–Kier alpha value is -18.8. The predicted molar refractivity (Wildman–Crippen MR) is 600 cm³/mol. The van der Waals surface area contributed by atoms with E-state index < -0.39 is 0 Å². The van der Waals surface area contributed by atoms with Gasteiger partial charge in [0.2, 0.25) is 0 Å². The maximum atomic E-state index is 2.68. The zero-order valence-electron chi connectivity index (χ0n) is 77.8. The first-order valence-electron chi connectivity index (χ1n) is 49.1. The van der Waals surface area contributed by atoms with Crippen molar-refractivity contribution in [2.75, 3.05) is 19.6 Å². The first-order valence-corrected chi connectivity index (χ1v) is 49.1. The highest BCUT2D eigenvalue weighted by Crippen LogP contribution is 2.60. The molecule has 0 amide bonds. The molecule has 0 atom stereocenters.